The Morgan fingerprint density at radius 2 is 1.63 bits per heavy atom. The van der Waals surface area contributed by atoms with Gasteiger partial charge in [-0.3, -0.25) is 4.79 Å². The van der Waals surface area contributed by atoms with Crippen molar-refractivity contribution in [1.29, 1.82) is 0 Å². The second-order valence-electron chi connectivity index (χ2n) is 7.03. The summed E-state index contributed by atoms with van der Waals surface area (Å²) in [7, 11) is 1.58. The van der Waals surface area contributed by atoms with E-state index in [0.717, 1.165) is 24.1 Å². The molecule has 0 aromatic heterocycles. The highest BCUT2D eigenvalue weighted by Crippen LogP contribution is 2.28. The van der Waals surface area contributed by atoms with Crippen LogP contribution in [0.5, 0.6) is 11.5 Å². The number of nitrogens with two attached hydrogens (primary N) is 1. The Morgan fingerprint density at radius 3 is 2.40 bits per heavy atom. The van der Waals surface area contributed by atoms with E-state index in [-0.39, 0.29) is 12.3 Å². The number of carbonyl (C=O) groups excluding carboxylic acids is 1. The van der Waals surface area contributed by atoms with Gasteiger partial charge in [0.15, 0.2) is 11.5 Å². The fourth-order valence-electron chi connectivity index (χ4n) is 3.24. The smallest absolute Gasteiger partial charge is 0.228 e. The monoisotopic (exact) mass is 404 g/mol. The third kappa shape index (κ3) is 6.36. The average molecular weight is 405 g/mol. The zero-order valence-electron chi connectivity index (χ0n) is 17.3. The zero-order chi connectivity index (χ0) is 21.2. The molecule has 156 valence electrons. The molecule has 3 rings (SSSR count). The van der Waals surface area contributed by atoms with Crippen LogP contribution in [0.2, 0.25) is 0 Å². The molecule has 0 bridgehead atoms. The molecule has 0 radical (unpaired) electrons. The fraction of sp³-hybridized carbons (Fsp3) is 0.240. The minimum absolute atomic E-state index is 0.0760. The number of anilines is 1. The highest BCUT2D eigenvalue weighted by atomic mass is 16.5. The fourth-order valence-corrected chi connectivity index (χ4v) is 3.24. The number of carbonyl (C=O) groups is 1. The summed E-state index contributed by atoms with van der Waals surface area (Å²) in [4.78, 5) is 12.5. The van der Waals surface area contributed by atoms with Crippen LogP contribution in [0.3, 0.4) is 0 Å². The summed E-state index contributed by atoms with van der Waals surface area (Å²) in [6, 6.07) is 23.9. The number of methoxy groups -OCH3 is 1. The van der Waals surface area contributed by atoms with Crippen molar-refractivity contribution >= 4 is 11.6 Å². The number of aryl methyl sites for hydroxylation is 2. The Bertz CT molecular complexity index is 958. The van der Waals surface area contributed by atoms with Crippen LogP contribution >= 0.6 is 0 Å². The molecule has 0 unspecified atom stereocenters. The Morgan fingerprint density at radius 1 is 0.867 bits per heavy atom. The number of ether oxygens (including phenoxy) is 2. The number of benzene rings is 3. The maximum absolute atomic E-state index is 12.5. The third-order valence-electron chi connectivity index (χ3n) is 4.72. The summed E-state index contributed by atoms with van der Waals surface area (Å²) >= 11 is 0. The molecule has 0 heterocycles. The number of amides is 1. The summed E-state index contributed by atoms with van der Waals surface area (Å²) in [5.41, 5.74) is 9.63. The van der Waals surface area contributed by atoms with Crippen LogP contribution < -0.4 is 20.5 Å². The van der Waals surface area contributed by atoms with Gasteiger partial charge in [0.2, 0.25) is 5.91 Å². The first-order chi connectivity index (χ1) is 14.7. The molecule has 0 atom stereocenters. The summed E-state index contributed by atoms with van der Waals surface area (Å²) in [5, 5.41) is 2.99. The first-order valence-corrected chi connectivity index (χ1v) is 10.1. The Labute approximate surface area is 177 Å². The van der Waals surface area contributed by atoms with Gasteiger partial charge < -0.3 is 20.5 Å². The lowest BCUT2D eigenvalue weighted by Gasteiger charge is -2.12. The second-order valence-corrected chi connectivity index (χ2v) is 7.03. The molecule has 0 saturated carbocycles. The van der Waals surface area contributed by atoms with Gasteiger partial charge in [0.05, 0.1) is 13.5 Å². The van der Waals surface area contributed by atoms with E-state index >= 15 is 0 Å². The zero-order valence-corrected chi connectivity index (χ0v) is 17.3. The quantitative estimate of drug-likeness (QED) is 0.536. The van der Waals surface area contributed by atoms with Gasteiger partial charge in [-0.15, -0.1) is 0 Å². The van der Waals surface area contributed by atoms with Gasteiger partial charge in [-0.25, -0.2) is 0 Å². The van der Waals surface area contributed by atoms with Crippen molar-refractivity contribution in [1.82, 2.24) is 0 Å². The molecule has 0 saturated heterocycles. The van der Waals surface area contributed by atoms with Crippen LogP contribution in [0.4, 0.5) is 5.69 Å². The lowest BCUT2D eigenvalue weighted by atomic mass is 10.0. The van der Waals surface area contributed by atoms with Crippen LogP contribution in [-0.2, 0) is 24.1 Å². The van der Waals surface area contributed by atoms with Crippen LogP contribution in [0.25, 0.3) is 0 Å². The molecule has 0 aliphatic rings. The highest BCUT2D eigenvalue weighted by Gasteiger charge is 2.10. The Hall–Kier alpha value is -3.31. The third-order valence-corrected chi connectivity index (χ3v) is 4.72. The lowest BCUT2D eigenvalue weighted by molar-refractivity contribution is -0.115. The van der Waals surface area contributed by atoms with E-state index < -0.39 is 0 Å². The topological polar surface area (TPSA) is 73.6 Å². The number of hydrogen-bond acceptors (Lipinski definition) is 4. The van der Waals surface area contributed by atoms with E-state index in [1.54, 1.807) is 13.2 Å². The van der Waals surface area contributed by atoms with Gasteiger partial charge in [-0.05, 0) is 53.8 Å². The molecule has 5 nitrogen and oxygen atoms in total. The minimum Gasteiger partial charge on any atom is -0.493 e. The summed E-state index contributed by atoms with van der Waals surface area (Å²) in [6.07, 6.45) is 2.15. The Kier molecular flexibility index (Phi) is 7.86. The molecule has 1 amide bonds. The number of nitrogens with one attached hydrogen (secondary N) is 1. The predicted molar refractivity (Wildman–Crippen MR) is 120 cm³/mol. The number of hydrogen-bond donors (Lipinski definition) is 2. The normalized spacial score (nSPS) is 10.5. The van der Waals surface area contributed by atoms with Crippen molar-refractivity contribution in [2.45, 2.75) is 19.3 Å². The second kappa shape index (κ2) is 11.0. The largest absolute Gasteiger partial charge is 0.493 e. The van der Waals surface area contributed by atoms with Crippen molar-refractivity contribution < 1.29 is 14.3 Å². The molecule has 3 aromatic carbocycles. The van der Waals surface area contributed by atoms with Crippen LogP contribution in [0, 0.1) is 0 Å². The van der Waals surface area contributed by atoms with Gasteiger partial charge in [0.1, 0.15) is 6.61 Å². The molecule has 3 N–H and O–H groups in total. The maximum atomic E-state index is 12.5. The molecule has 0 aliphatic heterocycles. The van der Waals surface area contributed by atoms with Gasteiger partial charge in [-0.2, -0.15) is 0 Å². The Balaban J connectivity index is 1.58. The van der Waals surface area contributed by atoms with E-state index in [4.69, 9.17) is 15.2 Å². The molecule has 30 heavy (non-hydrogen) atoms. The van der Waals surface area contributed by atoms with Gasteiger partial charge in [0.25, 0.3) is 0 Å². The lowest BCUT2D eigenvalue weighted by Crippen LogP contribution is -2.15. The molecule has 0 spiro atoms. The van der Waals surface area contributed by atoms with Crippen molar-refractivity contribution in [2.24, 2.45) is 5.73 Å². The minimum atomic E-state index is -0.0760. The average Bonchev–Trinajstić information content (AvgIpc) is 2.77. The maximum Gasteiger partial charge on any atom is 0.228 e. The van der Waals surface area contributed by atoms with Gasteiger partial charge in [0, 0.05) is 12.2 Å². The molecular weight excluding hydrogens is 376 g/mol. The summed E-state index contributed by atoms with van der Waals surface area (Å²) in [5.74, 6) is 1.14. The van der Waals surface area contributed by atoms with Crippen LogP contribution in [0.15, 0.2) is 72.8 Å². The highest BCUT2D eigenvalue weighted by molar-refractivity contribution is 5.92. The van der Waals surface area contributed by atoms with Crippen LogP contribution in [-0.4, -0.2) is 26.2 Å². The summed E-state index contributed by atoms with van der Waals surface area (Å²) in [6.45, 7) is 0.842. The standard InChI is InChI=1S/C25H28N2O3/c1-29-24-17-21(12-13-23(24)30-15-14-26)18-25(28)27-22-9-5-8-20(16-22)11-10-19-6-3-2-4-7-19/h2-9,12-13,16-17H,10-11,14-15,18,26H2,1H3,(H,27,28). The van der Waals surface area contributed by atoms with Gasteiger partial charge >= 0.3 is 0 Å². The van der Waals surface area contributed by atoms with Crippen molar-refractivity contribution in [3.63, 3.8) is 0 Å². The SMILES string of the molecule is COc1cc(CC(=O)Nc2cccc(CCc3ccccc3)c2)ccc1OCCN. The molecule has 5 heteroatoms. The molecular formula is C25H28N2O3. The van der Waals surface area contributed by atoms with Gasteiger partial charge in [-0.1, -0.05) is 48.5 Å². The summed E-state index contributed by atoms with van der Waals surface area (Å²) < 4.78 is 10.9. The van der Waals surface area contributed by atoms with E-state index in [0.29, 0.717) is 24.7 Å². The predicted octanol–water partition coefficient (Wildman–Crippen LogP) is 4.00. The first kappa shape index (κ1) is 21.4. The van der Waals surface area contributed by atoms with Crippen LogP contribution in [0.1, 0.15) is 16.7 Å². The molecule has 3 aromatic rings. The van der Waals surface area contributed by atoms with Crippen molar-refractivity contribution in [3.05, 3.63) is 89.5 Å². The first-order valence-electron chi connectivity index (χ1n) is 10.1. The van der Waals surface area contributed by atoms with E-state index in [1.165, 1.54) is 11.1 Å². The molecule has 0 fully saturated rings. The van der Waals surface area contributed by atoms with Crippen molar-refractivity contribution in [3.8, 4) is 11.5 Å². The van der Waals surface area contributed by atoms with E-state index in [2.05, 4.69) is 35.6 Å². The molecule has 0 aliphatic carbocycles. The van der Waals surface area contributed by atoms with E-state index in [1.807, 2.05) is 36.4 Å². The van der Waals surface area contributed by atoms with Crippen molar-refractivity contribution in [2.75, 3.05) is 25.6 Å². The van der Waals surface area contributed by atoms with E-state index in [9.17, 15) is 4.79 Å². The number of rotatable bonds is 10.